The number of rotatable bonds is 5. The minimum absolute atomic E-state index is 0.326. The van der Waals surface area contributed by atoms with Gasteiger partial charge in [-0.05, 0) is 49.6 Å². The van der Waals surface area contributed by atoms with Crippen LogP contribution in [-0.4, -0.2) is 14.8 Å². The van der Waals surface area contributed by atoms with E-state index in [-0.39, 0.29) is 5.63 Å². The van der Waals surface area contributed by atoms with E-state index in [0.29, 0.717) is 11.3 Å². The number of aromatic nitrogens is 3. The molecule has 0 fully saturated rings. The quantitative estimate of drug-likeness (QED) is 0.355. The molecule has 4 rings (SSSR count). The molecule has 142 valence electrons. The molecule has 2 aromatic carbocycles. The fourth-order valence-electron chi connectivity index (χ4n) is 3.23. The molecule has 0 N–H and O–H groups in total. The number of fused-ring (bicyclic) bond motifs is 1. The van der Waals surface area contributed by atoms with E-state index < -0.39 is 0 Å². The zero-order chi connectivity index (χ0) is 19.7. The summed E-state index contributed by atoms with van der Waals surface area (Å²) >= 11 is 1.58. The molecule has 0 atom stereocenters. The third kappa shape index (κ3) is 3.47. The van der Waals surface area contributed by atoms with Crippen molar-refractivity contribution in [2.24, 2.45) is 0 Å². The Balaban J connectivity index is 1.68. The van der Waals surface area contributed by atoms with E-state index in [1.165, 1.54) is 5.56 Å². The Labute approximate surface area is 167 Å². The molecule has 0 aliphatic rings. The second-order valence-electron chi connectivity index (χ2n) is 6.73. The van der Waals surface area contributed by atoms with Crippen molar-refractivity contribution in [2.45, 2.75) is 38.2 Å². The standard InChI is InChI=1S/C22H21N3O2S/c1-4-25-21(16-8-6-5-7-9-16)23-24-22(25)28-13-17-12-20(26)27-19-11-15(3)14(2)10-18(17)19/h5-12H,4,13H2,1-3H3. The molecule has 0 unspecified atom stereocenters. The molecule has 0 saturated carbocycles. The highest BCUT2D eigenvalue weighted by Crippen LogP contribution is 2.29. The second-order valence-corrected chi connectivity index (χ2v) is 7.67. The van der Waals surface area contributed by atoms with E-state index in [4.69, 9.17) is 4.42 Å². The molecule has 2 heterocycles. The monoisotopic (exact) mass is 391 g/mol. The van der Waals surface area contributed by atoms with E-state index >= 15 is 0 Å². The number of hydrogen-bond donors (Lipinski definition) is 0. The first-order chi connectivity index (χ1) is 13.6. The minimum Gasteiger partial charge on any atom is -0.423 e. The zero-order valence-electron chi connectivity index (χ0n) is 16.1. The molecule has 0 radical (unpaired) electrons. The maximum atomic E-state index is 12.0. The van der Waals surface area contributed by atoms with Gasteiger partial charge in [0.25, 0.3) is 0 Å². The average molecular weight is 391 g/mol. The van der Waals surface area contributed by atoms with Crippen molar-refractivity contribution in [1.29, 1.82) is 0 Å². The molecule has 2 aromatic heterocycles. The van der Waals surface area contributed by atoms with Crippen LogP contribution >= 0.6 is 11.8 Å². The van der Waals surface area contributed by atoms with Gasteiger partial charge in [-0.1, -0.05) is 42.1 Å². The van der Waals surface area contributed by atoms with Crippen molar-refractivity contribution in [3.63, 3.8) is 0 Å². The summed E-state index contributed by atoms with van der Waals surface area (Å²) in [6.45, 7) is 6.94. The molecule has 4 aromatic rings. The number of nitrogens with zero attached hydrogens (tertiary/aromatic N) is 3. The summed E-state index contributed by atoms with van der Waals surface area (Å²) in [5.41, 5.74) is 4.59. The summed E-state index contributed by atoms with van der Waals surface area (Å²) in [6, 6.07) is 15.6. The third-order valence-corrected chi connectivity index (χ3v) is 5.88. The average Bonchev–Trinajstić information content (AvgIpc) is 3.11. The normalized spacial score (nSPS) is 11.2. The highest BCUT2D eigenvalue weighted by Gasteiger charge is 2.14. The zero-order valence-corrected chi connectivity index (χ0v) is 16.9. The smallest absolute Gasteiger partial charge is 0.336 e. The van der Waals surface area contributed by atoms with E-state index in [2.05, 4.69) is 34.7 Å². The van der Waals surface area contributed by atoms with Gasteiger partial charge in [0.2, 0.25) is 0 Å². The van der Waals surface area contributed by atoms with Gasteiger partial charge in [-0.25, -0.2) is 4.79 Å². The number of benzene rings is 2. The van der Waals surface area contributed by atoms with E-state index in [0.717, 1.165) is 39.6 Å². The SMILES string of the molecule is CCn1c(SCc2cc(=O)oc3cc(C)c(C)cc23)nnc1-c1ccccc1. The van der Waals surface area contributed by atoms with Crippen molar-refractivity contribution >= 4 is 22.7 Å². The topological polar surface area (TPSA) is 60.9 Å². The summed E-state index contributed by atoms with van der Waals surface area (Å²) in [7, 11) is 0. The van der Waals surface area contributed by atoms with Gasteiger partial charge in [0.1, 0.15) is 5.58 Å². The van der Waals surface area contributed by atoms with Crippen LogP contribution in [0, 0.1) is 13.8 Å². The predicted molar refractivity (Wildman–Crippen MR) is 113 cm³/mol. The molecular formula is C22H21N3O2S. The van der Waals surface area contributed by atoms with Gasteiger partial charge in [-0.15, -0.1) is 10.2 Å². The Morgan fingerprint density at radius 1 is 1.04 bits per heavy atom. The Hall–Kier alpha value is -2.86. The van der Waals surface area contributed by atoms with Crippen LogP contribution in [-0.2, 0) is 12.3 Å². The van der Waals surface area contributed by atoms with Crippen LogP contribution in [0.1, 0.15) is 23.6 Å². The summed E-state index contributed by atoms with van der Waals surface area (Å²) in [5.74, 6) is 1.48. The molecule has 5 nitrogen and oxygen atoms in total. The van der Waals surface area contributed by atoms with Gasteiger partial charge in [-0.3, -0.25) is 0 Å². The molecular weight excluding hydrogens is 370 g/mol. The van der Waals surface area contributed by atoms with Crippen LogP contribution in [0.3, 0.4) is 0 Å². The van der Waals surface area contributed by atoms with Gasteiger partial charge < -0.3 is 8.98 Å². The number of aryl methyl sites for hydroxylation is 2. The first-order valence-corrected chi connectivity index (χ1v) is 10.2. The lowest BCUT2D eigenvalue weighted by atomic mass is 10.0. The van der Waals surface area contributed by atoms with Crippen molar-refractivity contribution in [2.75, 3.05) is 0 Å². The maximum Gasteiger partial charge on any atom is 0.336 e. The van der Waals surface area contributed by atoms with Crippen molar-refractivity contribution in [1.82, 2.24) is 14.8 Å². The lowest BCUT2D eigenvalue weighted by molar-refractivity contribution is 0.559. The number of hydrogen-bond acceptors (Lipinski definition) is 5. The summed E-state index contributed by atoms with van der Waals surface area (Å²) in [5, 5.41) is 10.6. The Kier molecular flexibility index (Phi) is 5.05. The highest BCUT2D eigenvalue weighted by atomic mass is 32.2. The Bertz CT molecular complexity index is 1200. The third-order valence-electron chi connectivity index (χ3n) is 4.87. The van der Waals surface area contributed by atoms with Gasteiger partial charge in [0.05, 0.1) is 0 Å². The minimum atomic E-state index is -0.326. The molecule has 0 aliphatic heterocycles. The van der Waals surface area contributed by atoms with Gasteiger partial charge in [-0.2, -0.15) is 0 Å². The highest BCUT2D eigenvalue weighted by molar-refractivity contribution is 7.98. The van der Waals surface area contributed by atoms with Gasteiger partial charge in [0.15, 0.2) is 11.0 Å². The summed E-state index contributed by atoms with van der Waals surface area (Å²) in [6.07, 6.45) is 0. The lowest BCUT2D eigenvalue weighted by Gasteiger charge is -2.09. The molecule has 0 spiro atoms. The fourth-order valence-corrected chi connectivity index (χ4v) is 4.22. The fraction of sp³-hybridized carbons (Fsp3) is 0.227. The molecule has 0 bridgehead atoms. The lowest BCUT2D eigenvalue weighted by Crippen LogP contribution is -2.02. The van der Waals surface area contributed by atoms with Crippen molar-refractivity contribution < 1.29 is 4.42 Å². The number of thioether (sulfide) groups is 1. The van der Waals surface area contributed by atoms with Crippen LogP contribution in [0.25, 0.3) is 22.4 Å². The van der Waals surface area contributed by atoms with E-state index in [1.807, 2.05) is 43.3 Å². The predicted octanol–water partition coefficient (Wildman–Crippen LogP) is 4.98. The van der Waals surface area contributed by atoms with Crippen LogP contribution in [0.2, 0.25) is 0 Å². The molecule has 0 aliphatic carbocycles. The van der Waals surface area contributed by atoms with Crippen molar-refractivity contribution in [3.8, 4) is 11.4 Å². The molecule has 0 amide bonds. The van der Waals surface area contributed by atoms with Crippen LogP contribution in [0.4, 0.5) is 0 Å². The van der Waals surface area contributed by atoms with Crippen LogP contribution in [0.5, 0.6) is 0 Å². The molecule has 28 heavy (non-hydrogen) atoms. The first-order valence-electron chi connectivity index (χ1n) is 9.22. The van der Waals surface area contributed by atoms with E-state index in [9.17, 15) is 4.79 Å². The van der Waals surface area contributed by atoms with E-state index in [1.54, 1.807) is 17.8 Å². The molecule has 6 heteroatoms. The summed E-state index contributed by atoms with van der Waals surface area (Å²) < 4.78 is 7.50. The Morgan fingerprint density at radius 3 is 2.54 bits per heavy atom. The van der Waals surface area contributed by atoms with Crippen LogP contribution < -0.4 is 5.63 Å². The molecule has 0 saturated heterocycles. The maximum absolute atomic E-state index is 12.0. The largest absolute Gasteiger partial charge is 0.423 e. The van der Waals surface area contributed by atoms with Crippen molar-refractivity contribution in [3.05, 3.63) is 75.6 Å². The van der Waals surface area contributed by atoms with Crippen LogP contribution in [0.15, 0.2) is 62.9 Å². The first kappa shape index (κ1) is 18.5. The Morgan fingerprint density at radius 2 is 1.79 bits per heavy atom. The summed E-state index contributed by atoms with van der Waals surface area (Å²) in [4.78, 5) is 12.0. The second kappa shape index (κ2) is 7.64. The van der Waals surface area contributed by atoms with Gasteiger partial charge in [0, 0.05) is 29.3 Å². The van der Waals surface area contributed by atoms with Gasteiger partial charge >= 0.3 is 5.63 Å².